The Balaban J connectivity index is 2.45. The van der Waals surface area contributed by atoms with Crippen molar-refractivity contribution in [3.63, 3.8) is 0 Å². The van der Waals surface area contributed by atoms with Crippen molar-refractivity contribution < 1.29 is 55.1 Å². The highest BCUT2D eigenvalue weighted by Crippen LogP contribution is 2.26. The highest BCUT2D eigenvalue weighted by molar-refractivity contribution is 5.06. The van der Waals surface area contributed by atoms with Gasteiger partial charge in [-0.25, -0.2) is 0 Å². The van der Waals surface area contributed by atoms with Crippen LogP contribution in [0.5, 0.6) is 0 Å². The van der Waals surface area contributed by atoms with Crippen LogP contribution in [0.2, 0.25) is 0 Å². The molecule has 208 valence electrons. The van der Waals surface area contributed by atoms with Crippen molar-refractivity contribution in [1.29, 1.82) is 0 Å². The molecule has 0 radical (unpaired) electrons. The molecule has 0 spiro atoms. The molecule has 0 amide bonds. The van der Waals surface area contributed by atoms with E-state index in [4.69, 9.17) is 19.3 Å². The van der Waals surface area contributed by atoms with Crippen molar-refractivity contribution in [2.75, 3.05) is 19.8 Å². The molecule has 0 saturated carbocycles. The normalized spacial score (nSPS) is 27.5. The molecule has 0 aromatic heterocycles. The van der Waals surface area contributed by atoms with Gasteiger partial charge >= 0.3 is 0 Å². The lowest BCUT2D eigenvalue weighted by molar-refractivity contribution is -0.322. The molecule has 7 atom stereocenters. The van der Waals surface area contributed by atoms with E-state index < -0.39 is 67.8 Å². The van der Waals surface area contributed by atoms with Crippen LogP contribution in [0.15, 0.2) is 11.5 Å². The average molecular weight is 511 g/mol. The maximum atomic E-state index is 10.4. The molecule has 0 aromatic rings. The predicted molar refractivity (Wildman–Crippen MR) is 126 cm³/mol. The Hall–Kier alpha value is -1.02. The van der Waals surface area contributed by atoms with Crippen molar-refractivity contribution in [2.24, 2.45) is 0 Å². The van der Waals surface area contributed by atoms with E-state index >= 15 is 0 Å². The van der Waals surface area contributed by atoms with E-state index in [0.29, 0.717) is 0 Å². The van der Waals surface area contributed by atoms with E-state index in [1.54, 1.807) is 0 Å². The van der Waals surface area contributed by atoms with Gasteiger partial charge in [-0.05, 0) is 6.42 Å². The predicted octanol–water partition coefficient (Wildman–Crippen LogP) is 1.14. The lowest BCUT2D eigenvalue weighted by atomic mass is 9.99. The standard InChI is InChI=1S/C24H46O11/c1-2-3-4-5-6-7-8-9-10-11-14-33-24-21(31)19(29)22(17(15-26)34-24)35-23(32)20(30)18(28)16(27)12-13-25/h16-17,19,21-32H,2-15H2,1H3/b20-18-/t16-,17?,19?,21?,22-,23-,24-/m1/s1. The van der Waals surface area contributed by atoms with Gasteiger partial charge in [-0.3, -0.25) is 0 Å². The van der Waals surface area contributed by atoms with Crippen molar-refractivity contribution in [3.8, 4) is 0 Å². The number of hydrogen-bond acceptors (Lipinski definition) is 11. The van der Waals surface area contributed by atoms with E-state index in [9.17, 15) is 35.7 Å². The Morgan fingerprint density at radius 3 is 1.94 bits per heavy atom. The summed E-state index contributed by atoms with van der Waals surface area (Å²) in [6, 6.07) is 0. The monoisotopic (exact) mass is 510 g/mol. The first-order chi connectivity index (χ1) is 16.8. The van der Waals surface area contributed by atoms with Crippen LogP contribution in [-0.2, 0) is 14.2 Å². The highest BCUT2D eigenvalue weighted by Gasteiger charge is 2.47. The quantitative estimate of drug-likeness (QED) is 0.0706. The Kier molecular flexibility index (Phi) is 16.7. The third kappa shape index (κ3) is 11.3. The topological polar surface area (TPSA) is 190 Å². The summed E-state index contributed by atoms with van der Waals surface area (Å²) in [5.74, 6) is -2.15. The maximum Gasteiger partial charge on any atom is 0.218 e. The van der Waals surface area contributed by atoms with Crippen LogP contribution in [0.1, 0.15) is 77.6 Å². The van der Waals surface area contributed by atoms with Gasteiger partial charge in [-0.1, -0.05) is 64.7 Å². The van der Waals surface area contributed by atoms with Gasteiger partial charge in [0.2, 0.25) is 6.29 Å². The van der Waals surface area contributed by atoms with Crippen LogP contribution in [-0.4, -0.2) is 104 Å². The Morgan fingerprint density at radius 1 is 0.829 bits per heavy atom. The fourth-order valence-electron chi connectivity index (χ4n) is 3.92. The SMILES string of the molecule is CCCCCCCCCCCCO[C@@H]1OC(CO)[C@@H](O[C@@H](O)/C(O)=C(/O)[C@H](O)CCO)C(O)C1O. The van der Waals surface area contributed by atoms with Gasteiger partial charge in [0, 0.05) is 19.6 Å². The van der Waals surface area contributed by atoms with Crippen LogP contribution < -0.4 is 0 Å². The zero-order chi connectivity index (χ0) is 26.2. The first kappa shape index (κ1) is 32.0. The summed E-state index contributed by atoms with van der Waals surface area (Å²) in [5, 5.41) is 78.5. The molecule has 1 heterocycles. The molecule has 8 N–H and O–H groups in total. The maximum absolute atomic E-state index is 10.4. The lowest BCUT2D eigenvalue weighted by Gasteiger charge is -2.42. The summed E-state index contributed by atoms with van der Waals surface area (Å²) in [6.07, 6.45) is 0.289. The third-order valence-corrected chi connectivity index (χ3v) is 6.10. The van der Waals surface area contributed by atoms with Crippen molar-refractivity contribution in [3.05, 3.63) is 11.5 Å². The van der Waals surface area contributed by atoms with Crippen molar-refractivity contribution >= 4 is 0 Å². The Labute approximate surface area is 207 Å². The molecule has 11 heteroatoms. The molecule has 0 aromatic carbocycles. The van der Waals surface area contributed by atoms with Crippen LogP contribution in [0.3, 0.4) is 0 Å². The van der Waals surface area contributed by atoms with Crippen LogP contribution in [0.25, 0.3) is 0 Å². The number of aliphatic hydroxyl groups excluding tert-OH is 8. The molecule has 1 aliphatic heterocycles. The minimum Gasteiger partial charge on any atom is -0.506 e. The van der Waals surface area contributed by atoms with Gasteiger partial charge in [-0.15, -0.1) is 0 Å². The number of hydrogen-bond donors (Lipinski definition) is 8. The zero-order valence-corrected chi connectivity index (χ0v) is 20.7. The van der Waals surface area contributed by atoms with Crippen LogP contribution >= 0.6 is 0 Å². The summed E-state index contributed by atoms with van der Waals surface area (Å²) in [6.45, 7) is 1.36. The first-order valence-electron chi connectivity index (χ1n) is 12.8. The molecule has 1 saturated heterocycles. The summed E-state index contributed by atoms with van der Waals surface area (Å²) in [4.78, 5) is 0. The highest BCUT2D eigenvalue weighted by atomic mass is 16.7. The number of ether oxygens (including phenoxy) is 3. The molecule has 1 fully saturated rings. The summed E-state index contributed by atoms with van der Waals surface area (Å²) < 4.78 is 16.2. The molecule has 3 unspecified atom stereocenters. The number of rotatable bonds is 19. The van der Waals surface area contributed by atoms with Gasteiger partial charge in [0.25, 0.3) is 0 Å². The second kappa shape index (κ2) is 18.3. The Bertz CT molecular complexity index is 572. The smallest absolute Gasteiger partial charge is 0.218 e. The van der Waals surface area contributed by atoms with E-state index in [0.717, 1.165) is 25.7 Å². The van der Waals surface area contributed by atoms with Gasteiger partial charge in [0.05, 0.1) is 6.61 Å². The molecule has 1 aliphatic rings. The minimum absolute atomic E-state index is 0.289. The summed E-state index contributed by atoms with van der Waals surface area (Å²) in [7, 11) is 0. The lowest BCUT2D eigenvalue weighted by Crippen LogP contribution is -2.60. The third-order valence-electron chi connectivity index (χ3n) is 6.10. The van der Waals surface area contributed by atoms with Gasteiger partial charge in [0.1, 0.15) is 30.5 Å². The van der Waals surface area contributed by atoms with E-state index in [1.165, 1.54) is 38.5 Å². The largest absolute Gasteiger partial charge is 0.506 e. The molecular weight excluding hydrogens is 464 g/mol. The summed E-state index contributed by atoms with van der Waals surface area (Å²) in [5.41, 5.74) is 0. The van der Waals surface area contributed by atoms with E-state index in [-0.39, 0.29) is 13.0 Å². The first-order valence-corrected chi connectivity index (χ1v) is 12.8. The summed E-state index contributed by atoms with van der Waals surface area (Å²) >= 11 is 0. The molecular formula is C24H46O11. The van der Waals surface area contributed by atoms with Crippen LogP contribution in [0.4, 0.5) is 0 Å². The van der Waals surface area contributed by atoms with Gasteiger partial charge < -0.3 is 55.1 Å². The Morgan fingerprint density at radius 2 is 1.40 bits per heavy atom. The fraction of sp³-hybridized carbons (Fsp3) is 0.917. The molecule has 1 rings (SSSR count). The fourth-order valence-corrected chi connectivity index (χ4v) is 3.92. The van der Waals surface area contributed by atoms with Gasteiger partial charge in [-0.2, -0.15) is 0 Å². The molecule has 0 bridgehead atoms. The van der Waals surface area contributed by atoms with Crippen molar-refractivity contribution in [1.82, 2.24) is 0 Å². The second-order valence-electron chi connectivity index (χ2n) is 9.01. The number of unbranched alkanes of at least 4 members (excludes halogenated alkanes) is 9. The van der Waals surface area contributed by atoms with E-state index in [2.05, 4.69) is 6.92 Å². The molecule has 35 heavy (non-hydrogen) atoms. The zero-order valence-electron chi connectivity index (χ0n) is 20.7. The molecule has 11 nitrogen and oxygen atoms in total. The van der Waals surface area contributed by atoms with Crippen LogP contribution in [0, 0.1) is 0 Å². The van der Waals surface area contributed by atoms with E-state index in [1.807, 2.05) is 0 Å². The molecule has 0 aliphatic carbocycles. The van der Waals surface area contributed by atoms with Crippen molar-refractivity contribution in [2.45, 2.75) is 121 Å². The van der Waals surface area contributed by atoms with Gasteiger partial charge in [0.15, 0.2) is 17.8 Å². The number of aliphatic hydroxyl groups is 8. The average Bonchev–Trinajstić information content (AvgIpc) is 2.85. The second-order valence-corrected chi connectivity index (χ2v) is 9.01. The minimum atomic E-state index is -2.20.